The van der Waals surface area contributed by atoms with E-state index in [9.17, 15) is 4.79 Å². The summed E-state index contributed by atoms with van der Waals surface area (Å²) in [5, 5.41) is 2.80. The normalized spacial score (nSPS) is 9.94. The number of carbonyl (C=O) groups excluding carboxylic acids is 1. The molecule has 1 aromatic heterocycles. The van der Waals surface area contributed by atoms with Gasteiger partial charge in [-0.1, -0.05) is 12.1 Å². The molecule has 2 aromatic rings. The average molecular weight is 247 g/mol. The predicted molar refractivity (Wildman–Crippen MR) is 68.2 cm³/mol. The van der Waals surface area contributed by atoms with Gasteiger partial charge in [-0.2, -0.15) is 0 Å². The first-order chi connectivity index (χ1) is 8.29. The van der Waals surface area contributed by atoms with Crippen molar-refractivity contribution in [3.63, 3.8) is 0 Å². The van der Waals surface area contributed by atoms with Gasteiger partial charge in [0.15, 0.2) is 0 Å². The fourth-order valence-corrected chi connectivity index (χ4v) is 1.56. The van der Waals surface area contributed by atoms with E-state index in [2.05, 4.69) is 10.3 Å². The number of benzene rings is 1. The van der Waals surface area contributed by atoms with Crippen LogP contribution in [0.4, 0.5) is 5.69 Å². The summed E-state index contributed by atoms with van der Waals surface area (Å²) < 4.78 is 0. The maximum absolute atomic E-state index is 11.8. The van der Waals surface area contributed by atoms with Gasteiger partial charge in [0.2, 0.25) is 0 Å². The molecule has 0 spiro atoms. The highest BCUT2D eigenvalue weighted by Gasteiger charge is 2.04. The van der Waals surface area contributed by atoms with E-state index in [1.807, 2.05) is 24.3 Å². The number of carbonyl (C=O) groups is 1. The second-order valence-corrected chi connectivity index (χ2v) is 3.79. The van der Waals surface area contributed by atoms with Gasteiger partial charge >= 0.3 is 0 Å². The van der Waals surface area contributed by atoms with E-state index in [1.54, 1.807) is 24.5 Å². The Hall–Kier alpha value is -1.87. The van der Waals surface area contributed by atoms with E-state index in [4.69, 9.17) is 11.6 Å². The molecule has 0 bridgehead atoms. The van der Waals surface area contributed by atoms with Gasteiger partial charge in [-0.05, 0) is 29.8 Å². The molecule has 1 N–H and O–H groups in total. The Morgan fingerprint density at radius 3 is 2.35 bits per heavy atom. The van der Waals surface area contributed by atoms with Crippen molar-refractivity contribution in [1.82, 2.24) is 4.98 Å². The van der Waals surface area contributed by atoms with Crippen LogP contribution in [0.25, 0.3) is 0 Å². The van der Waals surface area contributed by atoms with Crippen molar-refractivity contribution in [2.75, 3.05) is 5.32 Å². The molecule has 1 aromatic carbocycles. The Morgan fingerprint density at radius 1 is 1.12 bits per heavy atom. The third-order valence-corrected chi connectivity index (χ3v) is 2.62. The number of anilines is 1. The summed E-state index contributed by atoms with van der Waals surface area (Å²) in [5.41, 5.74) is 2.36. The number of nitrogens with one attached hydrogen (secondary N) is 1. The summed E-state index contributed by atoms with van der Waals surface area (Å²) in [7, 11) is 0. The van der Waals surface area contributed by atoms with Crippen LogP contribution in [-0.2, 0) is 5.88 Å². The third-order valence-electron chi connectivity index (χ3n) is 2.31. The van der Waals surface area contributed by atoms with Crippen LogP contribution in [0.3, 0.4) is 0 Å². The van der Waals surface area contributed by atoms with Crippen LogP contribution in [0.1, 0.15) is 15.9 Å². The smallest absolute Gasteiger partial charge is 0.255 e. The first-order valence-corrected chi connectivity index (χ1v) is 5.69. The van der Waals surface area contributed by atoms with Crippen molar-refractivity contribution < 1.29 is 4.79 Å². The first kappa shape index (κ1) is 11.6. The van der Waals surface area contributed by atoms with E-state index in [1.165, 1.54) is 0 Å². The number of hydrogen-bond donors (Lipinski definition) is 1. The lowest BCUT2D eigenvalue weighted by Gasteiger charge is -2.05. The molecule has 0 fully saturated rings. The molecule has 2 rings (SSSR count). The molecule has 0 aliphatic heterocycles. The topological polar surface area (TPSA) is 42.0 Å². The van der Waals surface area contributed by atoms with E-state index in [-0.39, 0.29) is 5.91 Å². The largest absolute Gasteiger partial charge is 0.322 e. The van der Waals surface area contributed by atoms with Gasteiger partial charge in [-0.15, -0.1) is 11.6 Å². The number of alkyl halides is 1. The van der Waals surface area contributed by atoms with Crippen LogP contribution in [0.15, 0.2) is 48.8 Å². The Balaban J connectivity index is 2.08. The summed E-state index contributed by atoms with van der Waals surface area (Å²) in [6.45, 7) is 0. The maximum atomic E-state index is 11.8. The average Bonchev–Trinajstić information content (AvgIpc) is 2.40. The molecule has 0 aliphatic rings. The summed E-state index contributed by atoms with van der Waals surface area (Å²) in [6.07, 6.45) is 3.18. The molecule has 0 aliphatic carbocycles. The summed E-state index contributed by atoms with van der Waals surface area (Å²) in [5.74, 6) is 0.324. The van der Waals surface area contributed by atoms with Crippen LogP contribution < -0.4 is 5.32 Å². The van der Waals surface area contributed by atoms with Crippen molar-refractivity contribution in [2.24, 2.45) is 0 Å². The monoisotopic (exact) mass is 246 g/mol. The van der Waals surface area contributed by atoms with Gasteiger partial charge in [-0.3, -0.25) is 9.78 Å². The van der Waals surface area contributed by atoms with Gasteiger partial charge in [0.1, 0.15) is 0 Å². The van der Waals surface area contributed by atoms with Crippen LogP contribution >= 0.6 is 11.6 Å². The number of aromatic nitrogens is 1. The number of nitrogens with zero attached hydrogens (tertiary/aromatic N) is 1. The molecule has 0 saturated carbocycles. The van der Waals surface area contributed by atoms with E-state index >= 15 is 0 Å². The number of halogens is 1. The molecule has 86 valence electrons. The van der Waals surface area contributed by atoms with Crippen molar-refractivity contribution >= 4 is 23.2 Å². The number of pyridine rings is 1. The molecule has 1 amide bonds. The lowest BCUT2D eigenvalue weighted by molar-refractivity contribution is 0.102. The Bertz CT molecular complexity index is 497. The van der Waals surface area contributed by atoms with Gasteiger partial charge in [0, 0.05) is 29.5 Å². The highest BCUT2D eigenvalue weighted by atomic mass is 35.5. The zero-order valence-electron chi connectivity index (χ0n) is 9.06. The summed E-state index contributed by atoms with van der Waals surface area (Å²) in [6, 6.07) is 10.8. The second-order valence-electron chi connectivity index (χ2n) is 3.52. The van der Waals surface area contributed by atoms with E-state index in [0.717, 1.165) is 11.3 Å². The molecule has 1 heterocycles. The SMILES string of the molecule is O=C(Nc1ccc(CCl)cc1)c1ccncc1. The first-order valence-electron chi connectivity index (χ1n) is 5.16. The van der Waals surface area contributed by atoms with Crippen LogP contribution in [-0.4, -0.2) is 10.9 Å². The van der Waals surface area contributed by atoms with Crippen LogP contribution in [0, 0.1) is 0 Å². The molecule has 3 nitrogen and oxygen atoms in total. The predicted octanol–water partition coefficient (Wildman–Crippen LogP) is 3.07. The van der Waals surface area contributed by atoms with E-state index < -0.39 is 0 Å². The van der Waals surface area contributed by atoms with Gasteiger partial charge < -0.3 is 5.32 Å². The van der Waals surface area contributed by atoms with Crippen molar-refractivity contribution in [3.8, 4) is 0 Å². The zero-order chi connectivity index (χ0) is 12.1. The molecule has 17 heavy (non-hydrogen) atoms. The van der Waals surface area contributed by atoms with Crippen molar-refractivity contribution in [1.29, 1.82) is 0 Å². The molecular weight excluding hydrogens is 236 g/mol. The Labute approximate surface area is 104 Å². The lowest BCUT2D eigenvalue weighted by atomic mass is 10.2. The number of amides is 1. The molecule has 4 heteroatoms. The molecule has 0 radical (unpaired) electrons. The Morgan fingerprint density at radius 2 is 1.76 bits per heavy atom. The highest BCUT2D eigenvalue weighted by molar-refractivity contribution is 6.17. The maximum Gasteiger partial charge on any atom is 0.255 e. The van der Waals surface area contributed by atoms with Crippen molar-refractivity contribution in [2.45, 2.75) is 5.88 Å². The molecule has 0 unspecified atom stereocenters. The molecule has 0 saturated heterocycles. The Kier molecular flexibility index (Phi) is 3.73. The highest BCUT2D eigenvalue weighted by Crippen LogP contribution is 2.12. The minimum Gasteiger partial charge on any atom is -0.322 e. The summed E-state index contributed by atoms with van der Waals surface area (Å²) >= 11 is 5.69. The van der Waals surface area contributed by atoms with Gasteiger partial charge in [0.25, 0.3) is 5.91 Å². The lowest BCUT2D eigenvalue weighted by Crippen LogP contribution is -2.11. The van der Waals surface area contributed by atoms with Gasteiger partial charge in [-0.25, -0.2) is 0 Å². The van der Waals surface area contributed by atoms with Gasteiger partial charge in [0.05, 0.1) is 0 Å². The third kappa shape index (κ3) is 3.04. The van der Waals surface area contributed by atoms with Crippen LogP contribution in [0.5, 0.6) is 0 Å². The fraction of sp³-hybridized carbons (Fsp3) is 0.0769. The molecule has 0 atom stereocenters. The minimum atomic E-state index is -0.147. The minimum absolute atomic E-state index is 0.147. The number of rotatable bonds is 3. The zero-order valence-corrected chi connectivity index (χ0v) is 9.82. The quantitative estimate of drug-likeness (QED) is 0.846. The second kappa shape index (κ2) is 5.46. The van der Waals surface area contributed by atoms with Crippen molar-refractivity contribution in [3.05, 3.63) is 59.9 Å². The summed E-state index contributed by atoms with van der Waals surface area (Å²) in [4.78, 5) is 15.7. The fourth-order valence-electron chi connectivity index (χ4n) is 1.38. The standard InChI is InChI=1S/C13H11ClN2O/c14-9-10-1-3-12(4-2-10)16-13(17)11-5-7-15-8-6-11/h1-8H,9H2,(H,16,17). The molecular formula is C13H11ClN2O. The van der Waals surface area contributed by atoms with Crippen LogP contribution in [0.2, 0.25) is 0 Å². The number of hydrogen-bond acceptors (Lipinski definition) is 2. The van der Waals surface area contributed by atoms with E-state index in [0.29, 0.717) is 11.4 Å².